The van der Waals surface area contributed by atoms with Crippen molar-refractivity contribution >= 4 is 6.16 Å². The first kappa shape index (κ1) is 17.6. The van der Waals surface area contributed by atoms with Gasteiger partial charge in [-0.05, 0) is 70.1 Å². The maximum absolute atomic E-state index is 11.6. The third-order valence-electron chi connectivity index (χ3n) is 5.93. The fourth-order valence-corrected chi connectivity index (χ4v) is 4.53. The average molecular weight is 310 g/mol. The largest absolute Gasteiger partial charge is 0.508 e. The lowest BCUT2D eigenvalue weighted by Gasteiger charge is -2.41. The molecule has 0 unspecified atom stereocenters. The van der Waals surface area contributed by atoms with Gasteiger partial charge in [0.25, 0.3) is 0 Å². The van der Waals surface area contributed by atoms with Crippen molar-refractivity contribution in [3.8, 4) is 0 Å². The van der Waals surface area contributed by atoms with Crippen molar-refractivity contribution in [3.05, 3.63) is 0 Å². The first-order valence-corrected chi connectivity index (χ1v) is 9.42. The molecule has 0 aromatic rings. The van der Waals surface area contributed by atoms with Crippen molar-refractivity contribution in [1.82, 2.24) is 0 Å². The van der Waals surface area contributed by atoms with Crippen molar-refractivity contribution in [2.24, 2.45) is 17.8 Å². The lowest BCUT2D eigenvalue weighted by Crippen LogP contribution is -2.38. The molecule has 3 nitrogen and oxygen atoms in total. The van der Waals surface area contributed by atoms with Crippen LogP contribution in [-0.4, -0.2) is 18.4 Å². The van der Waals surface area contributed by atoms with Gasteiger partial charge in [-0.2, -0.15) is 0 Å². The summed E-state index contributed by atoms with van der Waals surface area (Å²) in [5.41, 5.74) is -0.303. The molecular formula is C19H34O3. The summed E-state index contributed by atoms with van der Waals surface area (Å²) in [6, 6.07) is 0. The SMILES string of the molecule is CCCC1CCC(C2CCC(C)(OC(=O)OCC)CC2)CC1. The van der Waals surface area contributed by atoms with Crippen LogP contribution in [0.4, 0.5) is 4.79 Å². The number of carbonyl (C=O) groups is 1. The van der Waals surface area contributed by atoms with Crippen LogP contribution in [0.5, 0.6) is 0 Å². The summed E-state index contributed by atoms with van der Waals surface area (Å²) in [5, 5.41) is 0. The van der Waals surface area contributed by atoms with Crippen LogP contribution in [-0.2, 0) is 9.47 Å². The zero-order valence-electron chi connectivity index (χ0n) is 14.7. The molecule has 2 aliphatic rings. The molecule has 128 valence electrons. The molecule has 0 atom stereocenters. The molecule has 0 aliphatic heterocycles. The van der Waals surface area contributed by atoms with Gasteiger partial charge in [-0.1, -0.05) is 32.6 Å². The maximum atomic E-state index is 11.6. The molecule has 0 spiro atoms. The Bertz CT molecular complexity index is 337. The number of rotatable bonds is 5. The second-order valence-electron chi connectivity index (χ2n) is 7.64. The Morgan fingerprint density at radius 2 is 1.59 bits per heavy atom. The summed E-state index contributed by atoms with van der Waals surface area (Å²) in [6.07, 6.45) is 12.4. The highest BCUT2D eigenvalue weighted by molar-refractivity contribution is 5.60. The van der Waals surface area contributed by atoms with Gasteiger partial charge in [0.1, 0.15) is 5.60 Å². The summed E-state index contributed by atoms with van der Waals surface area (Å²) < 4.78 is 10.5. The van der Waals surface area contributed by atoms with E-state index in [0.29, 0.717) is 6.61 Å². The predicted octanol–water partition coefficient (Wildman–Crippen LogP) is 5.71. The smallest absolute Gasteiger partial charge is 0.435 e. The zero-order valence-corrected chi connectivity index (χ0v) is 14.7. The molecule has 0 aromatic carbocycles. The lowest BCUT2D eigenvalue weighted by molar-refractivity contribution is -0.0553. The molecule has 0 bridgehead atoms. The van der Waals surface area contributed by atoms with Crippen LogP contribution in [0.25, 0.3) is 0 Å². The Hall–Kier alpha value is -0.730. The van der Waals surface area contributed by atoms with Crippen molar-refractivity contribution < 1.29 is 14.3 Å². The second kappa shape index (κ2) is 8.21. The third kappa shape index (κ3) is 4.89. The minimum atomic E-state index is -0.497. The van der Waals surface area contributed by atoms with E-state index in [4.69, 9.17) is 9.47 Å². The van der Waals surface area contributed by atoms with Gasteiger partial charge in [0.05, 0.1) is 6.61 Å². The Morgan fingerprint density at radius 1 is 1.00 bits per heavy atom. The van der Waals surface area contributed by atoms with Gasteiger partial charge in [0.2, 0.25) is 0 Å². The van der Waals surface area contributed by atoms with Gasteiger partial charge in [-0.25, -0.2) is 4.79 Å². The molecule has 0 N–H and O–H groups in total. The summed E-state index contributed by atoms with van der Waals surface area (Å²) in [4.78, 5) is 11.6. The molecule has 2 aliphatic carbocycles. The van der Waals surface area contributed by atoms with Crippen molar-refractivity contribution in [2.75, 3.05) is 6.61 Å². The maximum Gasteiger partial charge on any atom is 0.508 e. The van der Waals surface area contributed by atoms with Crippen molar-refractivity contribution in [2.45, 2.75) is 90.6 Å². The van der Waals surface area contributed by atoms with Gasteiger partial charge >= 0.3 is 6.16 Å². The van der Waals surface area contributed by atoms with E-state index in [0.717, 1.165) is 30.6 Å². The van der Waals surface area contributed by atoms with E-state index in [1.165, 1.54) is 51.4 Å². The molecule has 0 heterocycles. The standard InChI is InChI=1S/C19H34O3/c1-4-6-15-7-9-16(10-8-15)17-11-13-19(3,14-12-17)22-18(20)21-5-2/h15-17H,4-14H2,1-3H3. The van der Waals surface area contributed by atoms with Crippen LogP contribution in [0.3, 0.4) is 0 Å². The highest BCUT2D eigenvalue weighted by atomic mass is 16.7. The summed E-state index contributed by atoms with van der Waals surface area (Å²) in [5.74, 6) is 2.75. The third-order valence-corrected chi connectivity index (χ3v) is 5.93. The van der Waals surface area contributed by atoms with Gasteiger partial charge in [-0.3, -0.25) is 0 Å². The first-order chi connectivity index (χ1) is 10.6. The molecule has 0 radical (unpaired) electrons. The highest BCUT2D eigenvalue weighted by Gasteiger charge is 2.38. The molecule has 22 heavy (non-hydrogen) atoms. The van der Waals surface area contributed by atoms with Crippen LogP contribution >= 0.6 is 0 Å². The van der Waals surface area contributed by atoms with Crippen LogP contribution in [0, 0.1) is 17.8 Å². The molecule has 2 rings (SSSR count). The van der Waals surface area contributed by atoms with Crippen LogP contribution in [0.15, 0.2) is 0 Å². The predicted molar refractivity (Wildman–Crippen MR) is 88.8 cm³/mol. The number of carbonyl (C=O) groups excluding carboxylic acids is 1. The topological polar surface area (TPSA) is 35.5 Å². The fourth-order valence-electron chi connectivity index (χ4n) is 4.53. The van der Waals surface area contributed by atoms with E-state index in [-0.39, 0.29) is 5.60 Å². The number of ether oxygens (including phenoxy) is 2. The van der Waals surface area contributed by atoms with Crippen LogP contribution in [0.2, 0.25) is 0 Å². The van der Waals surface area contributed by atoms with Gasteiger partial charge in [-0.15, -0.1) is 0 Å². The molecule has 2 fully saturated rings. The Kier molecular flexibility index (Phi) is 6.58. The van der Waals surface area contributed by atoms with Gasteiger partial charge < -0.3 is 9.47 Å². The summed E-state index contributed by atoms with van der Waals surface area (Å²) in [7, 11) is 0. The molecule has 2 saturated carbocycles. The highest BCUT2D eigenvalue weighted by Crippen LogP contribution is 2.44. The zero-order chi connectivity index (χ0) is 16.0. The van der Waals surface area contributed by atoms with Gasteiger partial charge in [0, 0.05) is 0 Å². The molecule has 0 aromatic heterocycles. The summed E-state index contributed by atoms with van der Waals surface area (Å²) >= 11 is 0. The average Bonchev–Trinajstić information content (AvgIpc) is 2.49. The minimum absolute atomic E-state index is 0.303. The second-order valence-corrected chi connectivity index (χ2v) is 7.64. The Morgan fingerprint density at radius 3 is 2.14 bits per heavy atom. The summed E-state index contributed by atoms with van der Waals surface area (Å²) in [6.45, 7) is 6.57. The van der Waals surface area contributed by atoms with E-state index < -0.39 is 6.16 Å². The molecule has 0 saturated heterocycles. The van der Waals surface area contributed by atoms with Crippen LogP contribution < -0.4 is 0 Å². The Labute approximate surface area is 136 Å². The van der Waals surface area contributed by atoms with Crippen LogP contribution in [0.1, 0.15) is 85.0 Å². The quantitative estimate of drug-likeness (QED) is 0.610. The van der Waals surface area contributed by atoms with E-state index >= 15 is 0 Å². The number of hydrogen-bond acceptors (Lipinski definition) is 3. The minimum Gasteiger partial charge on any atom is -0.435 e. The molecule has 0 amide bonds. The Balaban J connectivity index is 1.74. The first-order valence-electron chi connectivity index (χ1n) is 9.42. The monoisotopic (exact) mass is 310 g/mol. The van der Waals surface area contributed by atoms with E-state index in [9.17, 15) is 4.79 Å². The van der Waals surface area contributed by atoms with E-state index in [1.54, 1.807) is 0 Å². The number of hydrogen-bond donors (Lipinski definition) is 0. The van der Waals surface area contributed by atoms with E-state index in [2.05, 4.69) is 13.8 Å². The lowest BCUT2D eigenvalue weighted by atomic mass is 9.68. The normalized spacial score (nSPS) is 35.9. The van der Waals surface area contributed by atoms with Crippen molar-refractivity contribution in [1.29, 1.82) is 0 Å². The van der Waals surface area contributed by atoms with E-state index in [1.807, 2.05) is 6.92 Å². The molecular weight excluding hydrogens is 276 g/mol. The molecule has 3 heteroatoms. The van der Waals surface area contributed by atoms with Crippen molar-refractivity contribution in [3.63, 3.8) is 0 Å². The fraction of sp³-hybridized carbons (Fsp3) is 0.947. The van der Waals surface area contributed by atoms with Gasteiger partial charge in [0.15, 0.2) is 0 Å².